The van der Waals surface area contributed by atoms with E-state index in [2.05, 4.69) is 33.3 Å². The number of hydrogen-bond acceptors (Lipinski definition) is 2. The van der Waals surface area contributed by atoms with Crippen LogP contribution < -0.4 is 0 Å². The number of carbonyl (C=O) groups excluding carboxylic acids is 1. The first kappa shape index (κ1) is 17.0. The SMILES string of the molecule is CC(O)c1c2cccccc-2c(C=O)c1S(C)(C)C(C)(C)C. The predicted octanol–water partition coefficient (Wildman–Crippen LogP) is 4.88. The third kappa shape index (κ3) is 2.57. The van der Waals surface area contributed by atoms with Gasteiger partial charge in [-0.25, -0.2) is 10.0 Å². The largest absolute Gasteiger partial charge is 0.389 e. The van der Waals surface area contributed by atoms with E-state index in [0.717, 1.165) is 33.4 Å². The lowest BCUT2D eigenvalue weighted by atomic mass is 10.1. The first-order valence-corrected chi connectivity index (χ1v) is 9.98. The highest BCUT2D eigenvalue weighted by Gasteiger charge is 2.37. The highest BCUT2D eigenvalue weighted by Crippen LogP contribution is 2.64. The Morgan fingerprint density at radius 2 is 1.64 bits per heavy atom. The van der Waals surface area contributed by atoms with E-state index in [1.807, 2.05) is 30.3 Å². The molecule has 120 valence electrons. The Labute approximate surface area is 135 Å². The van der Waals surface area contributed by atoms with E-state index in [9.17, 15) is 9.90 Å². The van der Waals surface area contributed by atoms with E-state index in [-0.39, 0.29) is 4.75 Å². The Kier molecular flexibility index (Phi) is 4.42. The third-order valence-electron chi connectivity index (χ3n) is 4.68. The molecule has 0 bridgehead atoms. The summed E-state index contributed by atoms with van der Waals surface area (Å²) in [5, 5.41) is 10.4. The van der Waals surface area contributed by atoms with Gasteiger partial charge in [-0.15, -0.1) is 0 Å². The molecule has 0 saturated heterocycles. The second-order valence-corrected chi connectivity index (χ2v) is 11.4. The molecule has 2 aliphatic rings. The minimum Gasteiger partial charge on any atom is -0.389 e. The van der Waals surface area contributed by atoms with Gasteiger partial charge in [-0.3, -0.25) is 4.79 Å². The average Bonchev–Trinajstić information content (AvgIpc) is 2.54. The fourth-order valence-electron chi connectivity index (χ4n) is 2.79. The fraction of sp³-hybridized carbons (Fsp3) is 0.421. The maximum Gasteiger partial charge on any atom is 0.151 e. The summed E-state index contributed by atoms with van der Waals surface area (Å²) in [6.07, 6.45) is 4.84. The molecule has 0 amide bonds. The van der Waals surface area contributed by atoms with Gasteiger partial charge in [0.2, 0.25) is 0 Å². The zero-order valence-electron chi connectivity index (χ0n) is 14.3. The Morgan fingerprint density at radius 1 is 1.09 bits per heavy atom. The van der Waals surface area contributed by atoms with Gasteiger partial charge in [0.1, 0.15) is 0 Å². The van der Waals surface area contributed by atoms with Gasteiger partial charge in [0.05, 0.1) is 6.10 Å². The van der Waals surface area contributed by atoms with Gasteiger partial charge in [0, 0.05) is 16.0 Å². The predicted molar refractivity (Wildman–Crippen MR) is 96.5 cm³/mol. The molecule has 0 fully saturated rings. The number of rotatable bonds is 3. The summed E-state index contributed by atoms with van der Waals surface area (Å²) in [6.45, 7) is 8.42. The first-order valence-electron chi connectivity index (χ1n) is 7.53. The molecule has 3 heteroatoms. The highest BCUT2D eigenvalue weighted by molar-refractivity contribution is 8.33. The van der Waals surface area contributed by atoms with Gasteiger partial charge in [-0.05, 0) is 35.3 Å². The van der Waals surface area contributed by atoms with Crippen LogP contribution in [0.15, 0.2) is 35.2 Å². The summed E-state index contributed by atoms with van der Waals surface area (Å²) in [5.41, 5.74) is 3.60. The molecule has 0 aromatic carbocycles. The molecule has 0 heterocycles. The van der Waals surface area contributed by atoms with Gasteiger partial charge < -0.3 is 5.11 Å². The van der Waals surface area contributed by atoms with Crippen LogP contribution in [-0.4, -0.2) is 28.7 Å². The van der Waals surface area contributed by atoms with Crippen LogP contribution in [0, 0.1) is 0 Å². The van der Waals surface area contributed by atoms with Crippen molar-refractivity contribution in [1.82, 2.24) is 0 Å². The molecule has 2 nitrogen and oxygen atoms in total. The zero-order valence-corrected chi connectivity index (χ0v) is 15.1. The molecule has 1 atom stereocenters. The Bertz CT molecular complexity index is 666. The molecular formula is C19H26O2S. The van der Waals surface area contributed by atoms with E-state index in [0.29, 0.717) is 0 Å². The molecule has 1 N–H and O–H groups in total. The van der Waals surface area contributed by atoms with Gasteiger partial charge in [0.25, 0.3) is 0 Å². The summed E-state index contributed by atoms with van der Waals surface area (Å²) in [5.74, 6) is 0. The van der Waals surface area contributed by atoms with Crippen LogP contribution >= 0.6 is 10.0 Å². The first-order chi connectivity index (χ1) is 10.1. The van der Waals surface area contributed by atoms with Crippen LogP contribution in [0.3, 0.4) is 0 Å². The topological polar surface area (TPSA) is 37.3 Å². The molecule has 22 heavy (non-hydrogen) atoms. The minimum absolute atomic E-state index is 0.0426. The summed E-state index contributed by atoms with van der Waals surface area (Å²) >= 11 is 0. The Morgan fingerprint density at radius 3 is 2.09 bits per heavy atom. The molecule has 0 saturated carbocycles. The van der Waals surface area contributed by atoms with Crippen LogP contribution in [0.1, 0.15) is 49.7 Å². The van der Waals surface area contributed by atoms with E-state index >= 15 is 0 Å². The van der Waals surface area contributed by atoms with E-state index in [1.165, 1.54) is 0 Å². The normalized spacial score (nSPS) is 14.9. The lowest BCUT2D eigenvalue weighted by molar-refractivity contribution is 0.112. The number of aliphatic hydroxyl groups excluding tert-OH is 1. The lowest BCUT2D eigenvalue weighted by Gasteiger charge is -2.46. The lowest BCUT2D eigenvalue weighted by Crippen LogP contribution is -2.24. The van der Waals surface area contributed by atoms with Crippen molar-refractivity contribution in [3.8, 4) is 11.1 Å². The van der Waals surface area contributed by atoms with Gasteiger partial charge >= 0.3 is 0 Å². The number of hydrogen-bond donors (Lipinski definition) is 1. The second-order valence-electron chi connectivity index (χ2n) is 7.13. The Hall–Kier alpha value is -1.32. The maximum atomic E-state index is 11.9. The number of aldehydes is 1. The molecular weight excluding hydrogens is 292 g/mol. The minimum atomic E-state index is -1.27. The molecule has 2 rings (SSSR count). The molecule has 0 spiro atoms. The molecule has 0 aliphatic heterocycles. The van der Waals surface area contributed by atoms with Crippen molar-refractivity contribution in [1.29, 1.82) is 0 Å². The quantitative estimate of drug-likeness (QED) is 0.819. The van der Waals surface area contributed by atoms with Crippen LogP contribution in [0.4, 0.5) is 0 Å². The molecule has 0 aromatic rings. The van der Waals surface area contributed by atoms with Gasteiger partial charge in [-0.2, -0.15) is 0 Å². The highest BCUT2D eigenvalue weighted by atomic mass is 32.3. The number of fused-ring (bicyclic) bond motifs is 1. The summed E-state index contributed by atoms with van der Waals surface area (Å²) < 4.78 is 0.0426. The average molecular weight is 318 g/mol. The maximum absolute atomic E-state index is 11.9. The molecule has 2 aliphatic carbocycles. The van der Waals surface area contributed by atoms with Crippen molar-refractivity contribution < 1.29 is 9.90 Å². The summed E-state index contributed by atoms with van der Waals surface area (Å²) in [6, 6.07) is 9.84. The van der Waals surface area contributed by atoms with Gasteiger partial charge in [-0.1, -0.05) is 51.1 Å². The smallest absolute Gasteiger partial charge is 0.151 e. The molecule has 0 radical (unpaired) electrons. The zero-order chi connectivity index (χ0) is 16.7. The van der Waals surface area contributed by atoms with Crippen LogP contribution in [-0.2, 0) is 0 Å². The van der Waals surface area contributed by atoms with Crippen LogP contribution in [0.5, 0.6) is 0 Å². The number of aliphatic hydroxyl groups is 1. The van der Waals surface area contributed by atoms with Crippen molar-refractivity contribution in [2.24, 2.45) is 0 Å². The summed E-state index contributed by atoms with van der Waals surface area (Å²) in [4.78, 5) is 12.9. The number of carbonyl (C=O) groups is 1. The van der Waals surface area contributed by atoms with Crippen molar-refractivity contribution >= 4 is 16.3 Å². The third-order valence-corrected chi connectivity index (χ3v) is 9.21. The van der Waals surface area contributed by atoms with Crippen molar-refractivity contribution in [3.63, 3.8) is 0 Å². The van der Waals surface area contributed by atoms with Crippen molar-refractivity contribution in [2.45, 2.75) is 43.4 Å². The van der Waals surface area contributed by atoms with Gasteiger partial charge in [0.15, 0.2) is 6.29 Å². The van der Waals surface area contributed by atoms with E-state index < -0.39 is 16.1 Å². The molecule has 1 unspecified atom stereocenters. The second kappa shape index (κ2) is 5.71. The standard InChI is InChI=1S/C19H26O2S/c1-13(21)17-15-11-9-7-8-10-14(15)16(12-20)18(17)22(5,6)19(2,3)4/h7-13,21H,1-6H3. The van der Waals surface area contributed by atoms with Crippen molar-refractivity contribution in [2.75, 3.05) is 12.5 Å². The fourth-order valence-corrected chi connectivity index (χ4v) is 4.94. The van der Waals surface area contributed by atoms with Crippen molar-refractivity contribution in [3.05, 3.63) is 41.5 Å². The Balaban J connectivity index is 2.97. The summed E-state index contributed by atoms with van der Waals surface area (Å²) in [7, 11) is -1.27. The molecule has 0 aromatic heterocycles. The van der Waals surface area contributed by atoms with Crippen LogP contribution in [0.2, 0.25) is 0 Å². The monoisotopic (exact) mass is 318 g/mol. The van der Waals surface area contributed by atoms with E-state index in [4.69, 9.17) is 0 Å². The van der Waals surface area contributed by atoms with E-state index in [1.54, 1.807) is 6.92 Å². The van der Waals surface area contributed by atoms with Crippen LogP contribution in [0.25, 0.3) is 11.1 Å².